The van der Waals surface area contributed by atoms with E-state index >= 15 is 0 Å². The van der Waals surface area contributed by atoms with E-state index in [1.807, 2.05) is 0 Å². The Morgan fingerprint density at radius 3 is 1.80 bits per heavy atom. The molecule has 0 aromatic heterocycles. The fourth-order valence-electron chi connectivity index (χ4n) is 0.580. The van der Waals surface area contributed by atoms with Crippen LogP contribution in [-0.4, -0.2) is 19.5 Å². The van der Waals surface area contributed by atoms with Crippen molar-refractivity contribution in [1.29, 1.82) is 0 Å². The van der Waals surface area contributed by atoms with Crippen LogP contribution >= 0.6 is 11.6 Å². The van der Waals surface area contributed by atoms with Crippen molar-refractivity contribution < 1.29 is 0 Å². The zero-order chi connectivity index (χ0) is 8.36. The van der Waals surface area contributed by atoms with E-state index in [4.69, 9.17) is 11.6 Å². The maximum atomic E-state index is 6.05. The molecule has 0 rings (SSSR count). The molecule has 1 N–H and O–H groups in total. The Bertz CT molecular complexity index is 98.3. The van der Waals surface area contributed by atoms with E-state index in [9.17, 15) is 0 Å². The summed E-state index contributed by atoms with van der Waals surface area (Å²) < 4.78 is 0. The molecule has 1 atom stereocenters. The molecule has 62 valence electrons. The number of hydrogen-bond acceptors (Lipinski definition) is 1. The summed E-state index contributed by atoms with van der Waals surface area (Å²) in [6.07, 6.45) is 0. The third kappa shape index (κ3) is 5.27. The second kappa shape index (κ2) is 3.74. The first-order valence-corrected chi connectivity index (χ1v) is 7.16. The van der Waals surface area contributed by atoms with Crippen molar-refractivity contribution in [3.8, 4) is 0 Å². The Kier molecular flexibility index (Phi) is 3.92. The molecule has 0 aliphatic heterocycles. The number of nitrogens with one attached hydrogen (secondary N) is 1. The maximum Gasteiger partial charge on any atom is 0.0697 e. The maximum absolute atomic E-state index is 6.05. The molecule has 10 heavy (non-hydrogen) atoms. The van der Waals surface area contributed by atoms with Gasteiger partial charge in [0.25, 0.3) is 0 Å². The molecule has 1 nitrogen and oxygen atoms in total. The highest BCUT2D eigenvalue weighted by Gasteiger charge is 2.17. The lowest BCUT2D eigenvalue weighted by Crippen LogP contribution is -2.46. The predicted octanol–water partition coefficient (Wildman–Crippen LogP) is 1.97. The standard InChI is InChI=1S/C7H18ClNSi/c1-7(2,3)9-6(8)10(4)5/h6,9-10H,1-5H3. The number of rotatable bonds is 2. The van der Waals surface area contributed by atoms with Gasteiger partial charge in [0.1, 0.15) is 0 Å². The Balaban J connectivity index is 3.68. The molecule has 0 spiro atoms. The first-order valence-electron chi connectivity index (χ1n) is 3.74. The Hall–Kier alpha value is 0.467. The third-order valence-corrected chi connectivity index (χ3v) is 4.11. The molecule has 0 saturated heterocycles. The summed E-state index contributed by atoms with van der Waals surface area (Å²) in [4.78, 5) is 0. The molecular weight excluding hydrogens is 162 g/mol. The Morgan fingerprint density at radius 2 is 1.70 bits per heavy atom. The molecule has 0 saturated carbocycles. The second-order valence-corrected chi connectivity index (χ2v) is 8.09. The van der Waals surface area contributed by atoms with Crippen LogP contribution in [0.3, 0.4) is 0 Å². The fraction of sp³-hybridized carbons (Fsp3) is 1.00. The van der Waals surface area contributed by atoms with E-state index in [0.717, 1.165) is 0 Å². The summed E-state index contributed by atoms with van der Waals surface area (Å²) >= 11 is 6.05. The van der Waals surface area contributed by atoms with Crippen molar-refractivity contribution in [2.75, 3.05) is 0 Å². The fourth-order valence-corrected chi connectivity index (χ4v) is 1.74. The smallest absolute Gasteiger partial charge is 0.0697 e. The van der Waals surface area contributed by atoms with Crippen LogP contribution in [0.4, 0.5) is 0 Å². The van der Waals surface area contributed by atoms with Gasteiger partial charge in [-0.2, -0.15) is 0 Å². The lowest BCUT2D eigenvalue weighted by molar-refractivity contribution is 0.443. The van der Waals surface area contributed by atoms with Gasteiger partial charge in [0.05, 0.1) is 13.9 Å². The quantitative estimate of drug-likeness (QED) is 0.389. The first-order chi connectivity index (χ1) is 4.33. The lowest BCUT2D eigenvalue weighted by atomic mass is 10.1. The molecule has 0 aromatic carbocycles. The summed E-state index contributed by atoms with van der Waals surface area (Å²) in [7, 11) is -0.710. The van der Waals surface area contributed by atoms with E-state index in [1.165, 1.54) is 0 Å². The number of alkyl halides is 1. The summed E-state index contributed by atoms with van der Waals surface area (Å²) in [5.41, 5.74) is 0.156. The topological polar surface area (TPSA) is 12.0 Å². The van der Waals surface area contributed by atoms with Gasteiger partial charge in [-0.25, -0.2) is 0 Å². The van der Waals surface area contributed by atoms with Crippen molar-refractivity contribution >= 4 is 20.4 Å². The average Bonchev–Trinajstić information content (AvgIpc) is 1.60. The molecule has 0 aliphatic carbocycles. The summed E-state index contributed by atoms with van der Waals surface area (Å²) in [5, 5.41) is 3.57. The van der Waals surface area contributed by atoms with Gasteiger partial charge >= 0.3 is 0 Å². The Labute approximate surface area is 70.8 Å². The van der Waals surface area contributed by atoms with Crippen LogP contribution in [0.1, 0.15) is 20.8 Å². The third-order valence-electron chi connectivity index (χ3n) is 1.16. The molecule has 0 fully saturated rings. The zero-order valence-electron chi connectivity index (χ0n) is 7.53. The van der Waals surface area contributed by atoms with Crippen LogP contribution in [0.2, 0.25) is 13.1 Å². The monoisotopic (exact) mass is 179 g/mol. The van der Waals surface area contributed by atoms with Crippen LogP contribution in [-0.2, 0) is 0 Å². The summed E-state index contributed by atoms with van der Waals surface area (Å²) in [5.74, 6) is 0. The molecule has 0 amide bonds. The van der Waals surface area contributed by atoms with Gasteiger partial charge in [-0.05, 0) is 20.8 Å². The largest absolute Gasteiger partial charge is 0.300 e. The Morgan fingerprint density at radius 1 is 1.30 bits per heavy atom. The highest BCUT2D eigenvalue weighted by Crippen LogP contribution is 2.06. The molecule has 0 radical (unpaired) electrons. The van der Waals surface area contributed by atoms with Gasteiger partial charge in [-0.1, -0.05) is 13.1 Å². The van der Waals surface area contributed by atoms with Crippen molar-refractivity contribution in [2.24, 2.45) is 0 Å². The number of halogens is 1. The average molecular weight is 180 g/mol. The molecule has 0 aromatic rings. The van der Waals surface area contributed by atoms with E-state index in [2.05, 4.69) is 39.2 Å². The van der Waals surface area contributed by atoms with Crippen LogP contribution in [0, 0.1) is 0 Å². The van der Waals surface area contributed by atoms with Crippen LogP contribution in [0.15, 0.2) is 0 Å². The van der Waals surface area contributed by atoms with Gasteiger partial charge in [-0.15, -0.1) is 11.6 Å². The van der Waals surface area contributed by atoms with Gasteiger partial charge in [-0.3, -0.25) is 5.32 Å². The van der Waals surface area contributed by atoms with E-state index in [0.29, 0.717) is 0 Å². The molecule has 3 heteroatoms. The minimum Gasteiger partial charge on any atom is -0.300 e. The summed E-state index contributed by atoms with van der Waals surface area (Å²) in [6.45, 7) is 10.9. The van der Waals surface area contributed by atoms with Crippen molar-refractivity contribution in [3.63, 3.8) is 0 Å². The second-order valence-electron chi connectivity index (χ2n) is 4.04. The van der Waals surface area contributed by atoms with Gasteiger partial charge < -0.3 is 0 Å². The van der Waals surface area contributed by atoms with Crippen LogP contribution in [0.5, 0.6) is 0 Å². The van der Waals surface area contributed by atoms with Gasteiger partial charge in [0, 0.05) is 5.54 Å². The van der Waals surface area contributed by atoms with E-state index < -0.39 is 8.80 Å². The van der Waals surface area contributed by atoms with Crippen LogP contribution in [0.25, 0.3) is 0 Å². The van der Waals surface area contributed by atoms with Crippen molar-refractivity contribution in [1.82, 2.24) is 5.32 Å². The summed E-state index contributed by atoms with van der Waals surface area (Å²) in [6, 6.07) is 0. The molecule has 0 heterocycles. The van der Waals surface area contributed by atoms with E-state index in [1.54, 1.807) is 0 Å². The molecule has 0 aliphatic rings. The molecule has 1 unspecified atom stereocenters. The number of hydrogen-bond donors (Lipinski definition) is 1. The van der Waals surface area contributed by atoms with Crippen LogP contribution < -0.4 is 5.32 Å². The van der Waals surface area contributed by atoms with E-state index in [-0.39, 0.29) is 10.7 Å². The first kappa shape index (κ1) is 10.5. The molecule has 0 bridgehead atoms. The van der Waals surface area contributed by atoms with Crippen molar-refractivity contribution in [2.45, 2.75) is 44.5 Å². The molecular formula is C7H18ClNSi. The minimum absolute atomic E-state index is 0.156. The van der Waals surface area contributed by atoms with Gasteiger partial charge in [0.2, 0.25) is 0 Å². The van der Waals surface area contributed by atoms with Crippen molar-refractivity contribution in [3.05, 3.63) is 0 Å². The SMILES string of the molecule is C[SiH](C)C(Cl)NC(C)(C)C. The minimum atomic E-state index is -0.710. The predicted molar refractivity (Wildman–Crippen MR) is 51.4 cm³/mol. The highest BCUT2D eigenvalue weighted by atomic mass is 35.5. The zero-order valence-corrected chi connectivity index (χ0v) is 9.44. The van der Waals surface area contributed by atoms with Gasteiger partial charge in [0.15, 0.2) is 0 Å². The highest BCUT2D eigenvalue weighted by molar-refractivity contribution is 6.67. The normalized spacial score (nSPS) is 15.9. The lowest BCUT2D eigenvalue weighted by Gasteiger charge is -2.26.